The highest BCUT2D eigenvalue weighted by Gasteiger charge is 2.38. The van der Waals surface area contributed by atoms with E-state index in [0.29, 0.717) is 0 Å². The summed E-state index contributed by atoms with van der Waals surface area (Å²) in [4.78, 5) is 0. The second-order valence-corrected chi connectivity index (χ2v) is 22.2. The van der Waals surface area contributed by atoms with Crippen LogP contribution in [0.1, 0.15) is 5.56 Å². The monoisotopic (exact) mass is 222 g/mol. The van der Waals surface area contributed by atoms with Crippen molar-refractivity contribution in [3.05, 3.63) is 29.8 Å². The smallest absolute Gasteiger partial charge is 0.0712 e. The Kier molecular flexibility index (Phi) is 3.07. The van der Waals surface area contributed by atoms with Crippen LogP contribution in [0.2, 0.25) is 32.7 Å². The molecule has 0 heterocycles. The predicted octanol–water partition coefficient (Wildman–Crippen LogP) is 3.33. The van der Waals surface area contributed by atoms with E-state index < -0.39 is 15.2 Å². The van der Waals surface area contributed by atoms with Gasteiger partial charge in [-0.3, -0.25) is 0 Å². The number of rotatable bonds is 2. The van der Waals surface area contributed by atoms with Gasteiger partial charge < -0.3 is 0 Å². The minimum Gasteiger partial charge on any atom is -0.0712 e. The molecule has 0 amide bonds. The molecular formula is C12H22Si2. The van der Waals surface area contributed by atoms with Gasteiger partial charge in [0.25, 0.3) is 0 Å². The van der Waals surface area contributed by atoms with Crippen molar-refractivity contribution < 1.29 is 0 Å². The van der Waals surface area contributed by atoms with Crippen LogP contribution in [0.25, 0.3) is 0 Å². The summed E-state index contributed by atoms with van der Waals surface area (Å²) in [5.74, 6) is 0. The largest absolute Gasteiger partial charge is 0.0739 e. The Morgan fingerprint density at radius 2 is 1.36 bits per heavy atom. The second-order valence-electron chi connectivity index (χ2n) is 5.69. The van der Waals surface area contributed by atoms with Crippen molar-refractivity contribution in [2.24, 2.45) is 0 Å². The summed E-state index contributed by atoms with van der Waals surface area (Å²) in [5, 5.41) is 1.67. The van der Waals surface area contributed by atoms with Crippen molar-refractivity contribution in [3.63, 3.8) is 0 Å². The zero-order valence-corrected chi connectivity index (χ0v) is 12.3. The van der Waals surface area contributed by atoms with Crippen LogP contribution in [0, 0.1) is 6.92 Å². The number of hydrogen-bond donors (Lipinski definition) is 0. The Balaban J connectivity index is 3.23. The number of aryl methyl sites for hydroxylation is 1. The van der Waals surface area contributed by atoms with E-state index in [-0.39, 0.29) is 0 Å². The Morgan fingerprint density at radius 3 is 1.79 bits per heavy atom. The van der Waals surface area contributed by atoms with Gasteiger partial charge in [-0.05, 0) is 6.92 Å². The Bertz CT molecular complexity index is 321. The molecule has 0 radical (unpaired) electrons. The van der Waals surface area contributed by atoms with Gasteiger partial charge in [-0.1, -0.05) is 67.8 Å². The highest BCUT2D eigenvalue weighted by Crippen LogP contribution is 2.19. The average molecular weight is 222 g/mol. The minimum atomic E-state index is -1.19. The fraction of sp³-hybridized carbons (Fsp3) is 0.500. The lowest BCUT2D eigenvalue weighted by Crippen LogP contribution is -2.61. The van der Waals surface area contributed by atoms with E-state index in [1.165, 1.54) is 5.56 Å². The molecule has 0 nitrogen and oxygen atoms in total. The van der Waals surface area contributed by atoms with Crippen LogP contribution < -0.4 is 5.19 Å². The van der Waals surface area contributed by atoms with E-state index >= 15 is 0 Å². The molecule has 0 aliphatic heterocycles. The number of hydrogen-bond acceptors (Lipinski definition) is 0. The van der Waals surface area contributed by atoms with Crippen molar-refractivity contribution in [1.29, 1.82) is 0 Å². The molecule has 0 aromatic heterocycles. The fourth-order valence-corrected chi connectivity index (χ4v) is 7.33. The zero-order valence-electron chi connectivity index (χ0n) is 10.3. The van der Waals surface area contributed by atoms with E-state index in [9.17, 15) is 0 Å². The van der Waals surface area contributed by atoms with Crippen molar-refractivity contribution >= 4 is 20.4 Å². The van der Waals surface area contributed by atoms with Gasteiger partial charge in [0.05, 0.1) is 7.59 Å². The predicted molar refractivity (Wildman–Crippen MR) is 71.6 cm³/mol. The highest BCUT2D eigenvalue weighted by molar-refractivity contribution is 7.45. The summed E-state index contributed by atoms with van der Waals surface area (Å²) >= 11 is 0. The molecule has 1 rings (SSSR count). The third-order valence-corrected chi connectivity index (χ3v) is 21.4. The molecule has 2 heteroatoms. The molecule has 0 fully saturated rings. The third kappa shape index (κ3) is 2.01. The van der Waals surface area contributed by atoms with Crippen LogP contribution in [0.3, 0.4) is 0 Å². The molecule has 1 aromatic rings. The lowest BCUT2D eigenvalue weighted by atomic mass is 10.2. The van der Waals surface area contributed by atoms with E-state index in [1.54, 1.807) is 5.19 Å². The van der Waals surface area contributed by atoms with E-state index in [1.807, 2.05) is 0 Å². The molecule has 0 atom stereocenters. The van der Waals surface area contributed by atoms with Gasteiger partial charge in [0, 0.05) is 7.59 Å². The van der Waals surface area contributed by atoms with Crippen molar-refractivity contribution in [3.8, 4) is 0 Å². The lowest BCUT2D eigenvalue weighted by Gasteiger charge is -2.36. The van der Waals surface area contributed by atoms with Gasteiger partial charge in [0.1, 0.15) is 0 Å². The molecular weight excluding hydrogens is 200 g/mol. The van der Waals surface area contributed by atoms with Gasteiger partial charge in [0.15, 0.2) is 0 Å². The van der Waals surface area contributed by atoms with Gasteiger partial charge >= 0.3 is 0 Å². The maximum absolute atomic E-state index is 2.53. The van der Waals surface area contributed by atoms with Crippen LogP contribution in [0.5, 0.6) is 0 Å². The molecule has 0 saturated carbocycles. The molecule has 0 saturated heterocycles. The van der Waals surface area contributed by atoms with Crippen LogP contribution >= 0.6 is 0 Å². The first-order valence-corrected chi connectivity index (χ1v) is 12.8. The van der Waals surface area contributed by atoms with Crippen molar-refractivity contribution in [2.75, 3.05) is 0 Å². The molecule has 0 aliphatic carbocycles. The van der Waals surface area contributed by atoms with Crippen LogP contribution in [0.4, 0.5) is 0 Å². The maximum atomic E-state index is 2.53. The summed E-state index contributed by atoms with van der Waals surface area (Å²) in [7, 11) is -2.20. The van der Waals surface area contributed by atoms with Gasteiger partial charge in [0.2, 0.25) is 0 Å². The summed E-state index contributed by atoms with van der Waals surface area (Å²) in [6.07, 6.45) is 0. The Hall–Kier alpha value is -0.346. The molecule has 0 aliphatic rings. The first kappa shape index (κ1) is 11.7. The van der Waals surface area contributed by atoms with Crippen molar-refractivity contribution in [1.82, 2.24) is 0 Å². The van der Waals surface area contributed by atoms with Crippen LogP contribution in [-0.4, -0.2) is 15.2 Å². The highest BCUT2D eigenvalue weighted by atomic mass is 29.3. The maximum Gasteiger partial charge on any atom is 0.0739 e. The SMILES string of the molecule is Cc1ccccc1[Si](C)(C)[Si](C)(C)C. The average Bonchev–Trinajstić information content (AvgIpc) is 2.02. The lowest BCUT2D eigenvalue weighted by molar-refractivity contribution is 1.50. The molecule has 78 valence electrons. The molecule has 0 N–H and O–H groups in total. The number of benzene rings is 1. The van der Waals surface area contributed by atoms with Gasteiger partial charge in [-0.25, -0.2) is 0 Å². The topological polar surface area (TPSA) is 0 Å². The normalized spacial score (nSPS) is 13.0. The first-order chi connectivity index (χ1) is 6.27. The minimum absolute atomic E-state index is 1.02. The summed E-state index contributed by atoms with van der Waals surface area (Å²) in [6, 6.07) is 8.94. The second kappa shape index (κ2) is 3.67. The van der Waals surface area contributed by atoms with Crippen LogP contribution in [-0.2, 0) is 0 Å². The molecule has 0 unspecified atom stereocenters. The van der Waals surface area contributed by atoms with Crippen LogP contribution in [0.15, 0.2) is 24.3 Å². The summed E-state index contributed by atoms with van der Waals surface area (Å²) < 4.78 is 0. The third-order valence-electron chi connectivity index (χ3n) is 3.69. The zero-order chi connectivity index (χ0) is 11.0. The molecule has 0 spiro atoms. The quantitative estimate of drug-likeness (QED) is 0.674. The fourth-order valence-electron chi connectivity index (χ4n) is 1.68. The van der Waals surface area contributed by atoms with E-state index in [4.69, 9.17) is 0 Å². The molecule has 1 aromatic carbocycles. The van der Waals surface area contributed by atoms with Gasteiger partial charge in [-0.2, -0.15) is 0 Å². The first-order valence-electron chi connectivity index (χ1n) is 5.33. The van der Waals surface area contributed by atoms with E-state index in [0.717, 1.165) is 0 Å². The summed E-state index contributed by atoms with van der Waals surface area (Å²) in [5.41, 5.74) is 1.49. The molecule has 0 bridgehead atoms. The summed E-state index contributed by atoms with van der Waals surface area (Å²) in [6.45, 7) is 14.8. The van der Waals surface area contributed by atoms with Gasteiger partial charge in [-0.15, -0.1) is 0 Å². The van der Waals surface area contributed by atoms with Crippen molar-refractivity contribution in [2.45, 2.75) is 39.7 Å². The molecule has 14 heavy (non-hydrogen) atoms. The van der Waals surface area contributed by atoms with E-state index in [2.05, 4.69) is 63.9 Å². The Morgan fingerprint density at radius 1 is 0.857 bits per heavy atom. The standard InChI is InChI=1S/C12H22Si2/c1-11-9-7-8-10-12(11)14(5,6)13(2,3)4/h7-10H,1-6H3. The Labute approximate surface area is 90.2 Å².